The van der Waals surface area contributed by atoms with Gasteiger partial charge in [0, 0.05) is 12.1 Å². The van der Waals surface area contributed by atoms with Crippen molar-refractivity contribution in [1.29, 1.82) is 0 Å². The first kappa shape index (κ1) is 19.2. The number of amides is 1. The first-order valence-electron chi connectivity index (χ1n) is 7.63. The van der Waals surface area contributed by atoms with Crippen LogP contribution in [0.4, 0.5) is 5.69 Å². The Hall–Kier alpha value is -1.89. The summed E-state index contributed by atoms with van der Waals surface area (Å²) in [5, 5.41) is 11.2. The molecule has 0 radical (unpaired) electrons. The summed E-state index contributed by atoms with van der Waals surface area (Å²) in [6, 6.07) is 6.71. The molecule has 0 bridgehead atoms. The van der Waals surface area contributed by atoms with E-state index in [4.69, 9.17) is 5.11 Å². The summed E-state index contributed by atoms with van der Waals surface area (Å²) in [5.74, 6) is -1.91. The van der Waals surface area contributed by atoms with Gasteiger partial charge >= 0.3 is 5.97 Å². The van der Waals surface area contributed by atoms with Crippen molar-refractivity contribution in [1.82, 2.24) is 0 Å². The van der Waals surface area contributed by atoms with Crippen molar-refractivity contribution >= 4 is 27.4 Å². The Bertz CT molecular complexity index is 622. The minimum Gasteiger partial charge on any atom is -0.481 e. The van der Waals surface area contributed by atoms with Gasteiger partial charge in [-0.25, -0.2) is 8.42 Å². The van der Waals surface area contributed by atoms with E-state index in [1.165, 1.54) is 0 Å². The van der Waals surface area contributed by atoms with E-state index in [1.807, 2.05) is 6.92 Å². The molecule has 0 fully saturated rings. The number of nitrogens with one attached hydrogen (secondary N) is 1. The van der Waals surface area contributed by atoms with E-state index in [0.29, 0.717) is 18.5 Å². The number of hydrogen-bond acceptors (Lipinski definition) is 4. The summed E-state index contributed by atoms with van der Waals surface area (Å²) in [6.07, 6.45) is 2.79. The zero-order valence-electron chi connectivity index (χ0n) is 13.2. The van der Waals surface area contributed by atoms with Gasteiger partial charge in [-0.15, -0.1) is 0 Å². The van der Waals surface area contributed by atoms with Crippen LogP contribution in [0, 0.1) is 0 Å². The molecule has 0 aliphatic carbocycles. The minimum absolute atomic E-state index is 0.0301. The molecule has 0 spiro atoms. The third-order valence-corrected chi connectivity index (χ3v) is 4.89. The van der Waals surface area contributed by atoms with Crippen molar-refractivity contribution in [2.45, 2.75) is 39.0 Å². The van der Waals surface area contributed by atoms with Crippen LogP contribution in [0.2, 0.25) is 0 Å². The Labute approximate surface area is 136 Å². The molecule has 1 aromatic carbocycles. The van der Waals surface area contributed by atoms with Crippen LogP contribution < -0.4 is 5.32 Å². The molecule has 0 aromatic heterocycles. The second-order valence-corrected chi connectivity index (χ2v) is 7.62. The Kier molecular flexibility index (Phi) is 7.74. The minimum atomic E-state index is -3.38. The monoisotopic (exact) mass is 341 g/mol. The molecule has 0 saturated heterocycles. The highest BCUT2D eigenvalue weighted by molar-refractivity contribution is 7.92. The van der Waals surface area contributed by atoms with E-state index in [-0.39, 0.29) is 12.2 Å². The third kappa shape index (κ3) is 8.35. The van der Waals surface area contributed by atoms with Crippen molar-refractivity contribution in [3.8, 4) is 0 Å². The van der Waals surface area contributed by atoms with Crippen LogP contribution in [0.25, 0.3) is 0 Å². The zero-order valence-corrected chi connectivity index (χ0v) is 14.1. The highest BCUT2D eigenvalue weighted by Gasteiger charge is 2.16. The smallest absolute Gasteiger partial charge is 0.303 e. The average Bonchev–Trinajstić information content (AvgIpc) is 2.46. The number of carboxylic acids is 1. The first-order valence-corrected chi connectivity index (χ1v) is 9.45. The van der Waals surface area contributed by atoms with Gasteiger partial charge in [-0.2, -0.15) is 0 Å². The largest absolute Gasteiger partial charge is 0.481 e. The molecule has 0 atom stereocenters. The molecule has 0 aliphatic heterocycles. The maximum atomic E-state index is 11.8. The molecule has 0 unspecified atom stereocenters. The summed E-state index contributed by atoms with van der Waals surface area (Å²) in [6.45, 7) is 1.99. The molecule has 0 heterocycles. The molecule has 1 rings (SSSR count). The standard InChI is InChI=1S/C16H23NO5S/c1-2-3-4-11-23(21,22)12-15(18)17-14-8-5-13(6-9-14)7-10-16(19)20/h5-6,8-9H,2-4,7,10-12H2,1H3,(H,17,18)(H,19,20). The molecule has 0 saturated carbocycles. The van der Waals surface area contributed by atoms with E-state index in [0.717, 1.165) is 18.4 Å². The highest BCUT2D eigenvalue weighted by atomic mass is 32.2. The van der Waals surface area contributed by atoms with E-state index in [1.54, 1.807) is 24.3 Å². The van der Waals surface area contributed by atoms with E-state index >= 15 is 0 Å². The summed E-state index contributed by atoms with van der Waals surface area (Å²) in [4.78, 5) is 22.3. The fraction of sp³-hybridized carbons (Fsp3) is 0.500. The van der Waals surface area contributed by atoms with Gasteiger partial charge in [0.15, 0.2) is 9.84 Å². The number of carbonyl (C=O) groups is 2. The van der Waals surface area contributed by atoms with Crippen molar-refractivity contribution in [2.24, 2.45) is 0 Å². The van der Waals surface area contributed by atoms with Crippen LogP contribution in [-0.2, 0) is 25.8 Å². The average molecular weight is 341 g/mol. The van der Waals surface area contributed by atoms with Crippen molar-refractivity contribution in [3.63, 3.8) is 0 Å². The van der Waals surface area contributed by atoms with Gasteiger partial charge in [0.2, 0.25) is 5.91 Å². The maximum Gasteiger partial charge on any atom is 0.303 e. The number of carboxylic acid groups (broad SMARTS) is 1. The predicted molar refractivity (Wildman–Crippen MR) is 89.2 cm³/mol. The van der Waals surface area contributed by atoms with E-state index in [9.17, 15) is 18.0 Å². The predicted octanol–water partition coefficient (Wildman–Crippen LogP) is 2.25. The van der Waals surface area contributed by atoms with Gasteiger partial charge in [0.1, 0.15) is 5.75 Å². The lowest BCUT2D eigenvalue weighted by Gasteiger charge is -2.07. The summed E-state index contributed by atoms with van der Waals surface area (Å²) >= 11 is 0. The van der Waals surface area contributed by atoms with Crippen LogP contribution >= 0.6 is 0 Å². The van der Waals surface area contributed by atoms with Crippen molar-refractivity contribution in [3.05, 3.63) is 29.8 Å². The van der Waals surface area contributed by atoms with Gasteiger partial charge in [0.25, 0.3) is 0 Å². The van der Waals surface area contributed by atoms with Gasteiger partial charge in [-0.3, -0.25) is 9.59 Å². The van der Waals surface area contributed by atoms with E-state index in [2.05, 4.69) is 5.32 Å². The molecular weight excluding hydrogens is 318 g/mol. The second kappa shape index (κ2) is 9.29. The Balaban J connectivity index is 2.49. The number of carbonyl (C=O) groups excluding carboxylic acids is 1. The molecule has 0 aliphatic rings. The topological polar surface area (TPSA) is 101 Å². The SMILES string of the molecule is CCCCCS(=O)(=O)CC(=O)Nc1ccc(CCC(=O)O)cc1. The van der Waals surface area contributed by atoms with Crippen LogP contribution in [0.3, 0.4) is 0 Å². The maximum absolute atomic E-state index is 11.8. The van der Waals surface area contributed by atoms with E-state index < -0.39 is 27.5 Å². The summed E-state index contributed by atoms with van der Waals surface area (Å²) in [5.41, 5.74) is 1.34. The Morgan fingerprint density at radius 3 is 2.35 bits per heavy atom. The van der Waals surface area contributed by atoms with Crippen LogP contribution in [-0.4, -0.2) is 36.9 Å². The zero-order chi connectivity index (χ0) is 17.3. The number of aliphatic carboxylic acids is 1. The quantitative estimate of drug-likeness (QED) is 0.636. The Morgan fingerprint density at radius 2 is 1.78 bits per heavy atom. The van der Waals surface area contributed by atoms with Gasteiger partial charge in [-0.1, -0.05) is 31.9 Å². The lowest BCUT2D eigenvalue weighted by molar-refractivity contribution is -0.137. The first-order chi connectivity index (χ1) is 10.8. The van der Waals surface area contributed by atoms with Crippen LogP contribution in [0.5, 0.6) is 0 Å². The molecule has 6 nitrogen and oxygen atoms in total. The van der Waals surface area contributed by atoms with Crippen LogP contribution in [0.1, 0.15) is 38.2 Å². The molecule has 23 heavy (non-hydrogen) atoms. The van der Waals surface area contributed by atoms with Gasteiger partial charge in [-0.05, 0) is 30.5 Å². The third-order valence-electron chi connectivity index (χ3n) is 3.28. The molecule has 1 amide bonds. The van der Waals surface area contributed by atoms with Crippen molar-refractivity contribution < 1.29 is 23.1 Å². The van der Waals surface area contributed by atoms with Crippen molar-refractivity contribution in [2.75, 3.05) is 16.8 Å². The second-order valence-electron chi connectivity index (χ2n) is 5.44. The fourth-order valence-corrected chi connectivity index (χ4v) is 3.31. The number of unbranched alkanes of at least 4 members (excludes halogenated alkanes) is 2. The Morgan fingerprint density at radius 1 is 1.13 bits per heavy atom. The highest BCUT2D eigenvalue weighted by Crippen LogP contribution is 2.11. The number of aryl methyl sites for hydroxylation is 1. The van der Waals surface area contributed by atoms with Crippen LogP contribution in [0.15, 0.2) is 24.3 Å². The summed E-state index contributed by atoms with van der Waals surface area (Å²) < 4.78 is 23.6. The molecule has 7 heteroatoms. The molecule has 128 valence electrons. The lowest BCUT2D eigenvalue weighted by atomic mass is 10.1. The molecule has 1 aromatic rings. The lowest BCUT2D eigenvalue weighted by Crippen LogP contribution is -2.24. The number of anilines is 1. The fourth-order valence-electron chi connectivity index (χ4n) is 2.05. The normalized spacial score (nSPS) is 11.2. The molecular formula is C16H23NO5S. The summed E-state index contributed by atoms with van der Waals surface area (Å²) in [7, 11) is -3.38. The number of benzene rings is 1. The van der Waals surface area contributed by atoms with Gasteiger partial charge in [0.05, 0.1) is 5.75 Å². The molecule has 2 N–H and O–H groups in total. The number of rotatable bonds is 10. The number of sulfone groups is 1. The van der Waals surface area contributed by atoms with Gasteiger partial charge < -0.3 is 10.4 Å². The number of hydrogen-bond donors (Lipinski definition) is 2.